The molecule has 1 N–H and O–H groups in total. The molecule has 4 nitrogen and oxygen atoms in total. The topological polar surface area (TPSA) is 55.8 Å². The maximum absolute atomic E-state index is 10.8. The van der Waals surface area contributed by atoms with Crippen LogP contribution in [-0.4, -0.2) is 23.3 Å². The number of carbonyl (C=O) groups is 1. The minimum absolute atomic E-state index is 0.470. The van der Waals surface area contributed by atoms with Gasteiger partial charge in [-0.1, -0.05) is 12.1 Å². The molecule has 14 heavy (non-hydrogen) atoms. The number of carboxylic acid groups (broad SMARTS) is 1. The minimum atomic E-state index is -1.01. The molecule has 0 amide bonds. The van der Waals surface area contributed by atoms with Gasteiger partial charge in [0.25, 0.3) is 0 Å². The first-order chi connectivity index (χ1) is 6.68. The number of hydrogen-bond donors (Lipinski definition) is 1. The highest BCUT2D eigenvalue weighted by molar-refractivity contribution is 5.74. The van der Waals surface area contributed by atoms with E-state index in [9.17, 15) is 4.79 Å². The molecule has 4 heteroatoms. The predicted molar refractivity (Wildman–Crippen MR) is 48.6 cm³/mol. The summed E-state index contributed by atoms with van der Waals surface area (Å²) in [6.07, 6.45) is -1.40. The molecule has 1 aromatic rings. The summed E-state index contributed by atoms with van der Waals surface area (Å²) in [5, 5.41) is 8.83. The summed E-state index contributed by atoms with van der Waals surface area (Å²) in [7, 11) is 0. The van der Waals surface area contributed by atoms with Crippen molar-refractivity contribution in [3.63, 3.8) is 0 Å². The van der Waals surface area contributed by atoms with E-state index in [1.165, 1.54) is 0 Å². The lowest BCUT2D eigenvalue weighted by molar-refractivity contribution is -0.150. The van der Waals surface area contributed by atoms with E-state index in [0.29, 0.717) is 11.5 Å². The van der Waals surface area contributed by atoms with Crippen LogP contribution < -0.4 is 9.47 Å². The summed E-state index contributed by atoms with van der Waals surface area (Å²) in [6.45, 7) is 1.68. The largest absolute Gasteiger partial charge is 0.482 e. The van der Waals surface area contributed by atoms with Gasteiger partial charge in [0.15, 0.2) is 11.5 Å². The van der Waals surface area contributed by atoms with Gasteiger partial charge in [-0.3, -0.25) is 0 Å². The van der Waals surface area contributed by atoms with Crippen molar-refractivity contribution in [2.75, 3.05) is 0 Å². The van der Waals surface area contributed by atoms with Crippen LogP contribution in [0.3, 0.4) is 0 Å². The van der Waals surface area contributed by atoms with E-state index >= 15 is 0 Å². The molecule has 0 unspecified atom stereocenters. The minimum Gasteiger partial charge on any atom is -0.482 e. The molecule has 1 heterocycles. The maximum Gasteiger partial charge on any atom is 0.348 e. The fourth-order valence-electron chi connectivity index (χ4n) is 1.39. The van der Waals surface area contributed by atoms with Crippen LogP contribution in [0, 0.1) is 0 Å². The molecule has 0 saturated heterocycles. The number of fused-ring (bicyclic) bond motifs is 1. The third-order valence-corrected chi connectivity index (χ3v) is 2.09. The van der Waals surface area contributed by atoms with E-state index in [1.54, 1.807) is 25.1 Å². The zero-order chi connectivity index (χ0) is 10.1. The van der Waals surface area contributed by atoms with E-state index in [2.05, 4.69) is 0 Å². The molecule has 1 aliphatic heterocycles. The van der Waals surface area contributed by atoms with Crippen molar-refractivity contribution in [3.8, 4) is 11.5 Å². The number of aliphatic carboxylic acids is 1. The first-order valence-electron chi connectivity index (χ1n) is 4.33. The SMILES string of the molecule is C[C@H]1Oc2ccccc2O[C@@H]1C(=O)O. The Bertz CT molecular complexity index is 361. The quantitative estimate of drug-likeness (QED) is 0.732. The summed E-state index contributed by atoms with van der Waals surface area (Å²) in [4.78, 5) is 10.8. The van der Waals surface area contributed by atoms with Crippen molar-refractivity contribution in [1.82, 2.24) is 0 Å². The molecule has 0 fully saturated rings. The Kier molecular flexibility index (Phi) is 2.04. The molecule has 2 atom stereocenters. The molecule has 0 aliphatic carbocycles. The van der Waals surface area contributed by atoms with E-state index in [4.69, 9.17) is 14.6 Å². The monoisotopic (exact) mass is 194 g/mol. The van der Waals surface area contributed by atoms with Gasteiger partial charge in [0.05, 0.1) is 0 Å². The Labute approximate surface area is 81.1 Å². The van der Waals surface area contributed by atoms with Gasteiger partial charge in [-0.05, 0) is 19.1 Å². The second kappa shape index (κ2) is 3.21. The van der Waals surface area contributed by atoms with E-state index in [1.807, 2.05) is 6.07 Å². The predicted octanol–water partition coefficient (Wildman–Crippen LogP) is 1.30. The standard InChI is InChI=1S/C10H10O4/c1-6-9(10(11)12)14-8-5-3-2-4-7(8)13-6/h2-6,9H,1H3,(H,11,12)/t6-,9+/m1/s1. The van der Waals surface area contributed by atoms with Gasteiger partial charge in [-0.15, -0.1) is 0 Å². The molecule has 1 aromatic carbocycles. The van der Waals surface area contributed by atoms with Gasteiger partial charge >= 0.3 is 5.97 Å². The van der Waals surface area contributed by atoms with Gasteiger partial charge in [0, 0.05) is 0 Å². The Morgan fingerprint density at radius 1 is 1.29 bits per heavy atom. The molecule has 0 radical (unpaired) electrons. The first kappa shape index (κ1) is 8.87. The van der Waals surface area contributed by atoms with E-state index in [-0.39, 0.29) is 0 Å². The van der Waals surface area contributed by atoms with Crippen LogP contribution in [0.5, 0.6) is 11.5 Å². The van der Waals surface area contributed by atoms with Gasteiger partial charge in [-0.2, -0.15) is 0 Å². The van der Waals surface area contributed by atoms with Crippen LogP contribution in [0.15, 0.2) is 24.3 Å². The van der Waals surface area contributed by atoms with Crippen molar-refractivity contribution >= 4 is 5.97 Å². The van der Waals surface area contributed by atoms with Gasteiger partial charge < -0.3 is 14.6 Å². The smallest absolute Gasteiger partial charge is 0.348 e. The summed E-state index contributed by atoms with van der Waals surface area (Å²) in [5.74, 6) is 0.0718. The highest BCUT2D eigenvalue weighted by Gasteiger charge is 2.33. The summed E-state index contributed by atoms with van der Waals surface area (Å²) in [5.41, 5.74) is 0. The summed E-state index contributed by atoms with van der Waals surface area (Å²) >= 11 is 0. The number of para-hydroxylation sites is 2. The van der Waals surface area contributed by atoms with Gasteiger partial charge in [0.2, 0.25) is 6.10 Å². The highest BCUT2D eigenvalue weighted by Crippen LogP contribution is 2.33. The zero-order valence-electron chi connectivity index (χ0n) is 7.64. The Balaban J connectivity index is 2.31. The zero-order valence-corrected chi connectivity index (χ0v) is 7.64. The number of carboxylic acids is 1. The molecule has 0 aromatic heterocycles. The van der Waals surface area contributed by atoms with Crippen molar-refractivity contribution < 1.29 is 19.4 Å². The van der Waals surface area contributed by atoms with Crippen LogP contribution in [-0.2, 0) is 4.79 Å². The summed E-state index contributed by atoms with van der Waals surface area (Å²) < 4.78 is 10.7. The van der Waals surface area contributed by atoms with Gasteiger partial charge in [-0.25, -0.2) is 4.79 Å². The molecule has 2 rings (SSSR count). The molecule has 0 saturated carbocycles. The Morgan fingerprint density at radius 3 is 2.43 bits per heavy atom. The third-order valence-electron chi connectivity index (χ3n) is 2.09. The van der Waals surface area contributed by atoms with Crippen molar-refractivity contribution in [3.05, 3.63) is 24.3 Å². The van der Waals surface area contributed by atoms with E-state index < -0.39 is 18.2 Å². The van der Waals surface area contributed by atoms with Crippen LogP contribution in [0.25, 0.3) is 0 Å². The fourth-order valence-corrected chi connectivity index (χ4v) is 1.39. The lowest BCUT2D eigenvalue weighted by Gasteiger charge is -2.29. The molecule has 1 aliphatic rings. The molecular weight excluding hydrogens is 184 g/mol. The van der Waals surface area contributed by atoms with Crippen LogP contribution in [0.2, 0.25) is 0 Å². The average molecular weight is 194 g/mol. The molecule has 0 bridgehead atoms. The van der Waals surface area contributed by atoms with Crippen molar-refractivity contribution in [1.29, 1.82) is 0 Å². The van der Waals surface area contributed by atoms with Crippen molar-refractivity contribution in [2.45, 2.75) is 19.1 Å². The Morgan fingerprint density at radius 2 is 1.86 bits per heavy atom. The normalized spacial score (nSPS) is 24.4. The number of hydrogen-bond acceptors (Lipinski definition) is 3. The van der Waals surface area contributed by atoms with Crippen LogP contribution in [0.4, 0.5) is 0 Å². The second-order valence-electron chi connectivity index (χ2n) is 3.15. The molecule has 74 valence electrons. The lowest BCUT2D eigenvalue weighted by Crippen LogP contribution is -2.43. The van der Waals surface area contributed by atoms with Crippen LogP contribution in [0.1, 0.15) is 6.92 Å². The number of benzene rings is 1. The second-order valence-corrected chi connectivity index (χ2v) is 3.15. The van der Waals surface area contributed by atoms with Crippen molar-refractivity contribution in [2.24, 2.45) is 0 Å². The molecular formula is C10H10O4. The Hall–Kier alpha value is -1.71. The summed E-state index contributed by atoms with van der Waals surface area (Å²) in [6, 6.07) is 7.04. The number of rotatable bonds is 1. The number of ether oxygens (including phenoxy) is 2. The highest BCUT2D eigenvalue weighted by atomic mass is 16.6. The third kappa shape index (κ3) is 1.39. The van der Waals surface area contributed by atoms with E-state index in [0.717, 1.165) is 0 Å². The average Bonchev–Trinajstić information content (AvgIpc) is 2.16. The van der Waals surface area contributed by atoms with Crippen LogP contribution >= 0.6 is 0 Å². The first-order valence-corrected chi connectivity index (χ1v) is 4.33. The maximum atomic E-state index is 10.8. The lowest BCUT2D eigenvalue weighted by atomic mass is 10.2. The van der Waals surface area contributed by atoms with Gasteiger partial charge in [0.1, 0.15) is 6.10 Å². The molecule has 0 spiro atoms. The fraction of sp³-hybridized carbons (Fsp3) is 0.300.